The van der Waals surface area contributed by atoms with E-state index in [1.807, 2.05) is 5.32 Å². The van der Waals surface area contributed by atoms with Gasteiger partial charge in [-0.1, -0.05) is 0 Å². The normalized spacial score (nSPS) is 26.5. The number of halogens is 6. The number of amides is 1. The summed E-state index contributed by atoms with van der Waals surface area (Å²) in [5, 5.41) is 13.5. The molecule has 1 fully saturated rings. The van der Waals surface area contributed by atoms with Crippen LogP contribution in [0.4, 0.5) is 26.3 Å². The van der Waals surface area contributed by atoms with Crippen LogP contribution in [0.1, 0.15) is 25.8 Å². The van der Waals surface area contributed by atoms with Crippen molar-refractivity contribution in [1.82, 2.24) is 20.5 Å². The summed E-state index contributed by atoms with van der Waals surface area (Å²) in [6.45, 7) is 2.51. The summed E-state index contributed by atoms with van der Waals surface area (Å²) in [4.78, 5) is 18.1. The molecule has 3 heterocycles. The van der Waals surface area contributed by atoms with Crippen LogP contribution in [-0.4, -0.2) is 58.4 Å². The van der Waals surface area contributed by atoms with Gasteiger partial charge in [-0.3, -0.25) is 9.78 Å². The van der Waals surface area contributed by atoms with E-state index < -0.39 is 46.5 Å². The fourth-order valence-corrected chi connectivity index (χ4v) is 3.91. The molecule has 13 heteroatoms. The highest BCUT2D eigenvalue weighted by molar-refractivity contribution is 6.02. The molecule has 1 saturated heterocycles. The lowest BCUT2D eigenvalue weighted by Crippen LogP contribution is -2.58. The highest BCUT2D eigenvalue weighted by Crippen LogP contribution is 2.47. The first-order chi connectivity index (χ1) is 15.6. The zero-order valence-electron chi connectivity index (χ0n) is 18.2. The van der Waals surface area contributed by atoms with E-state index in [2.05, 4.69) is 4.98 Å². The van der Waals surface area contributed by atoms with Crippen LogP contribution in [0.3, 0.4) is 0 Å². The van der Waals surface area contributed by atoms with Crippen LogP contribution in [0, 0.1) is 11.3 Å². The summed E-state index contributed by atoms with van der Waals surface area (Å²) in [7, 11) is 0. The van der Waals surface area contributed by atoms with Crippen LogP contribution in [0.2, 0.25) is 0 Å². The van der Waals surface area contributed by atoms with Crippen LogP contribution in [-0.2, 0) is 4.79 Å². The number of rotatable bonds is 4. The van der Waals surface area contributed by atoms with Crippen molar-refractivity contribution in [2.75, 3.05) is 13.1 Å². The average Bonchev–Trinajstić information content (AvgIpc) is 3.10. The largest absolute Gasteiger partial charge is 0.429 e. The minimum absolute atomic E-state index is 0.00965. The predicted molar refractivity (Wildman–Crippen MR) is 109 cm³/mol. The van der Waals surface area contributed by atoms with Gasteiger partial charge in [0.2, 0.25) is 5.54 Å². The molecule has 34 heavy (non-hydrogen) atoms. The SMILES string of the molecule is CC(NC(=O)C1=CNC(C#N)(C(F)(F)F)C(c2ccncc2)=C1N1CC[C@](C)(N)C1)C(F)(F)F. The van der Waals surface area contributed by atoms with E-state index in [0.29, 0.717) is 19.5 Å². The summed E-state index contributed by atoms with van der Waals surface area (Å²) in [5.41, 5.74) is 0.553. The molecule has 1 aromatic heterocycles. The van der Waals surface area contributed by atoms with E-state index in [4.69, 9.17) is 5.73 Å². The number of alkyl halides is 6. The van der Waals surface area contributed by atoms with Crippen LogP contribution in [0.5, 0.6) is 0 Å². The third-order valence-corrected chi connectivity index (χ3v) is 5.77. The predicted octanol–water partition coefficient (Wildman–Crippen LogP) is 2.59. The Morgan fingerprint density at radius 2 is 1.91 bits per heavy atom. The minimum atomic E-state index is -5.16. The maximum absolute atomic E-state index is 14.4. The quantitative estimate of drug-likeness (QED) is 0.563. The number of nitrogens with zero attached hydrogens (tertiary/aromatic N) is 3. The number of aromatic nitrogens is 1. The second-order valence-corrected chi connectivity index (χ2v) is 8.58. The average molecular weight is 488 g/mol. The van der Waals surface area contributed by atoms with Crippen molar-refractivity contribution in [1.29, 1.82) is 5.26 Å². The number of nitriles is 1. The number of nitrogens with one attached hydrogen (secondary N) is 2. The van der Waals surface area contributed by atoms with Crippen LogP contribution in [0.15, 0.2) is 42.0 Å². The van der Waals surface area contributed by atoms with Crippen molar-refractivity contribution in [3.8, 4) is 6.07 Å². The molecule has 0 aromatic carbocycles. The van der Waals surface area contributed by atoms with Gasteiger partial charge in [-0.15, -0.1) is 0 Å². The molecule has 3 atom stereocenters. The van der Waals surface area contributed by atoms with Crippen molar-refractivity contribution >= 4 is 11.5 Å². The number of likely N-dealkylation sites (tertiary alicyclic amines) is 1. The van der Waals surface area contributed by atoms with Gasteiger partial charge in [0, 0.05) is 42.8 Å². The molecule has 0 spiro atoms. The highest BCUT2D eigenvalue weighted by atomic mass is 19.4. The van der Waals surface area contributed by atoms with E-state index in [0.717, 1.165) is 0 Å². The van der Waals surface area contributed by atoms with Gasteiger partial charge in [-0.25, -0.2) is 0 Å². The number of hydrogen-bond acceptors (Lipinski definition) is 6. The molecule has 0 aliphatic carbocycles. The van der Waals surface area contributed by atoms with E-state index >= 15 is 0 Å². The van der Waals surface area contributed by atoms with Crippen molar-refractivity contribution < 1.29 is 31.1 Å². The maximum atomic E-state index is 14.4. The second kappa shape index (κ2) is 8.50. The molecule has 1 amide bonds. The number of hydrogen-bond donors (Lipinski definition) is 3. The molecule has 1 aromatic rings. The van der Waals surface area contributed by atoms with E-state index in [9.17, 15) is 36.4 Å². The van der Waals surface area contributed by atoms with E-state index in [-0.39, 0.29) is 24.4 Å². The van der Waals surface area contributed by atoms with E-state index in [1.54, 1.807) is 12.2 Å². The number of dihydropyridines is 1. The van der Waals surface area contributed by atoms with Gasteiger partial charge in [0.1, 0.15) is 12.1 Å². The summed E-state index contributed by atoms with van der Waals surface area (Å²) in [6, 6.07) is 1.46. The smallest absolute Gasteiger partial charge is 0.369 e. The Morgan fingerprint density at radius 3 is 2.38 bits per heavy atom. The minimum Gasteiger partial charge on any atom is -0.369 e. The first-order valence-corrected chi connectivity index (χ1v) is 10.2. The molecular weight excluding hydrogens is 466 g/mol. The number of carbonyl (C=O) groups excluding carboxylic acids is 1. The van der Waals surface area contributed by atoms with Crippen molar-refractivity contribution in [3.63, 3.8) is 0 Å². The molecule has 3 rings (SSSR count). The number of carbonyl (C=O) groups is 1. The Bertz CT molecular complexity index is 1060. The summed E-state index contributed by atoms with van der Waals surface area (Å²) in [6.07, 6.45) is -6.54. The third kappa shape index (κ3) is 4.54. The van der Waals surface area contributed by atoms with Gasteiger partial charge in [-0.2, -0.15) is 31.6 Å². The Labute approximate surface area is 191 Å². The van der Waals surface area contributed by atoms with Crippen LogP contribution in [0.25, 0.3) is 5.57 Å². The molecule has 2 aliphatic heterocycles. The molecule has 4 N–H and O–H groups in total. The lowest BCUT2D eigenvalue weighted by molar-refractivity contribution is -0.160. The fourth-order valence-electron chi connectivity index (χ4n) is 3.91. The standard InChI is InChI=1S/C21H22F6N6O/c1-12(20(22,23)24)32-17(34)14-9-31-19(10-28,21(25,26)27)15(13-3-6-30-7-4-13)16(14)33-8-5-18(2,29)11-33/h3-4,6-7,9,12,31H,5,8,11,29H2,1-2H3,(H,32,34)/t12?,18-,19?/m0/s1. The molecule has 7 nitrogen and oxygen atoms in total. The molecule has 0 bridgehead atoms. The molecular formula is C21H22F6N6O. The van der Waals surface area contributed by atoms with E-state index in [1.165, 1.54) is 35.5 Å². The molecule has 2 aliphatic rings. The Hall–Kier alpha value is -3.27. The van der Waals surface area contributed by atoms with Gasteiger partial charge in [0.25, 0.3) is 5.91 Å². The van der Waals surface area contributed by atoms with Crippen LogP contribution < -0.4 is 16.4 Å². The highest BCUT2D eigenvalue weighted by Gasteiger charge is 2.61. The monoisotopic (exact) mass is 488 g/mol. The van der Waals surface area contributed by atoms with Crippen molar-refractivity contribution in [3.05, 3.63) is 47.6 Å². The summed E-state index contributed by atoms with van der Waals surface area (Å²) >= 11 is 0. The second-order valence-electron chi connectivity index (χ2n) is 8.58. The zero-order chi connectivity index (χ0) is 25.5. The van der Waals surface area contributed by atoms with Gasteiger partial charge in [0.15, 0.2) is 0 Å². The summed E-state index contributed by atoms with van der Waals surface area (Å²) in [5.74, 6) is -1.25. The maximum Gasteiger partial charge on any atom is 0.429 e. The first-order valence-electron chi connectivity index (χ1n) is 10.2. The van der Waals surface area contributed by atoms with Crippen molar-refractivity contribution in [2.45, 2.75) is 49.7 Å². The summed E-state index contributed by atoms with van der Waals surface area (Å²) < 4.78 is 82.3. The Kier molecular flexibility index (Phi) is 6.34. The molecule has 184 valence electrons. The fraction of sp³-hybridized carbons (Fsp3) is 0.476. The van der Waals surface area contributed by atoms with Gasteiger partial charge in [-0.05, 0) is 38.0 Å². The molecule has 0 saturated carbocycles. The molecule has 0 radical (unpaired) electrons. The Balaban J connectivity index is 2.28. The van der Waals surface area contributed by atoms with Crippen molar-refractivity contribution in [2.24, 2.45) is 5.73 Å². The van der Waals surface area contributed by atoms with Gasteiger partial charge in [0.05, 0.1) is 11.3 Å². The molecule has 2 unspecified atom stereocenters. The number of pyridine rings is 1. The van der Waals surface area contributed by atoms with Gasteiger partial charge < -0.3 is 21.3 Å². The third-order valence-electron chi connectivity index (χ3n) is 5.77. The lowest BCUT2D eigenvalue weighted by atomic mass is 9.80. The topological polar surface area (TPSA) is 107 Å². The Morgan fingerprint density at radius 1 is 1.29 bits per heavy atom. The lowest BCUT2D eigenvalue weighted by Gasteiger charge is -2.40. The zero-order valence-corrected chi connectivity index (χ0v) is 18.2. The first kappa shape index (κ1) is 25.4. The van der Waals surface area contributed by atoms with Gasteiger partial charge >= 0.3 is 12.4 Å². The van der Waals surface area contributed by atoms with Crippen LogP contribution >= 0.6 is 0 Å². The number of nitrogens with two attached hydrogens (primary N) is 1.